The predicted molar refractivity (Wildman–Crippen MR) is 82.1 cm³/mol. The number of benzene rings is 2. The molecular weight excluding hydrogens is 254 g/mol. The Morgan fingerprint density at radius 1 is 1.11 bits per heavy atom. The minimum atomic E-state index is 0.615. The van der Waals surface area contributed by atoms with Crippen molar-refractivity contribution in [2.45, 2.75) is 25.2 Å². The summed E-state index contributed by atoms with van der Waals surface area (Å²) in [4.78, 5) is 0. The molecule has 0 saturated heterocycles. The molecule has 2 heteroatoms. The fourth-order valence-corrected chi connectivity index (χ4v) is 3.10. The second kappa shape index (κ2) is 5.66. The van der Waals surface area contributed by atoms with Gasteiger partial charge in [-0.2, -0.15) is 0 Å². The summed E-state index contributed by atoms with van der Waals surface area (Å²) in [5, 5.41) is 4.30. The van der Waals surface area contributed by atoms with Gasteiger partial charge in [0.05, 0.1) is 0 Å². The van der Waals surface area contributed by atoms with Crippen LogP contribution in [0.2, 0.25) is 5.02 Å². The molecule has 1 unspecified atom stereocenters. The molecule has 1 N–H and O–H groups in total. The summed E-state index contributed by atoms with van der Waals surface area (Å²) in [6, 6.07) is 16.8. The normalized spacial score (nSPS) is 17.8. The van der Waals surface area contributed by atoms with Gasteiger partial charge in [0.1, 0.15) is 0 Å². The second-order valence-electron chi connectivity index (χ2n) is 5.18. The third-order valence-corrected chi connectivity index (χ3v) is 4.11. The number of nitrogens with one attached hydrogen (secondary N) is 1. The number of rotatable bonds is 3. The van der Waals surface area contributed by atoms with Crippen molar-refractivity contribution in [3.63, 3.8) is 0 Å². The molecule has 98 valence electrons. The molecule has 0 heterocycles. The monoisotopic (exact) mass is 271 g/mol. The molecule has 1 atom stereocenters. The van der Waals surface area contributed by atoms with Crippen molar-refractivity contribution in [1.82, 2.24) is 0 Å². The standard InChI is InChI=1S/C17H18ClN/c18-15-8-4-9-16(11-15)19-12-14-7-3-6-13-5-1-2-10-17(13)14/h1-2,4-5,8-11,14,19H,3,6-7,12H2. The Balaban J connectivity index is 1.71. The first-order chi connectivity index (χ1) is 9.33. The maximum atomic E-state index is 6.01. The van der Waals surface area contributed by atoms with Crippen molar-refractivity contribution in [3.8, 4) is 0 Å². The van der Waals surface area contributed by atoms with Gasteiger partial charge in [0.25, 0.3) is 0 Å². The van der Waals surface area contributed by atoms with Gasteiger partial charge in [0, 0.05) is 23.2 Å². The van der Waals surface area contributed by atoms with E-state index in [1.807, 2.05) is 18.2 Å². The lowest BCUT2D eigenvalue weighted by Crippen LogP contribution is -2.18. The largest absolute Gasteiger partial charge is 0.384 e. The highest BCUT2D eigenvalue weighted by Crippen LogP contribution is 2.31. The first-order valence-corrected chi connectivity index (χ1v) is 7.28. The highest BCUT2D eigenvalue weighted by atomic mass is 35.5. The Bertz CT molecular complexity index is 565. The summed E-state index contributed by atoms with van der Waals surface area (Å²) >= 11 is 6.01. The van der Waals surface area contributed by atoms with Crippen LogP contribution >= 0.6 is 11.6 Å². The summed E-state index contributed by atoms with van der Waals surface area (Å²) in [5.74, 6) is 0.615. The van der Waals surface area contributed by atoms with Gasteiger partial charge in [-0.05, 0) is 48.6 Å². The van der Waals surface area contributed by atoms with Crippen molar-refractivity contribution < 1.29 is 0 Å². The SMILES string of the molecule is Clc1cccc(NCC2CCCc3ccccc32)c1. The van der Waals surface area contributed by atoms with Crippen LogP contribution in [0.25, 0.3) is 0 Å². The van der Waals surface area contributed by atoms with Gasteiger partial charge in [-0.25, -0.2) is 0 Å². The lowest BCUT2D eigenvalue weighted by atomic mass is 9.83. The highest BCUT2D eigenvalue weighted by molar-refractivity contribution is 6.30. The van der Waals surface area contributed by atoms with E-state index >= 15 is 0 Å². The fraction of sp³-hybridized carbons (Fsp3) is 0.294. The Hall–Kier alpha value is -1.47. The molecule has 0 aromatic heterocycles. The van der Waals surface area contributed by atoms with E-state index in [9.17, 15) is 0 Å². The zero-order chi connectivity index (χ0) is 13.1. The highest BCUT2D eigenvalue weighted by Gasteiger charge is 2.19. The maximum Gasteiger partial charge on any atom is 0.0426 e. The van der Waals surface area contributed by atoms with E-state index in [0.717, 1.165) is 17.3 Å². The summed E-state index contributed by atoms with van der Waals surface area (Å²) < 4.78 is 0. The molecule has 3 rings (SSSR count). The second-order valence-corrected chi connectivity index (χ2v) is 5.62. The van der Waals surface area contributed by atoms with Crippen LogP contribution in [0.15, 0.2) is 48.5 Å². The van der Waals surface area contributed by atoms with Crippen molar-refractivity contribution in [2.75, 3.05) is 11.9 Å². The molecule has 0 radical (unpaired) electrons. The quantitative estimate of drug-likeness (QED) is 0.840. The van der Waals surface area contributed by atoms with E-state index in [-0.39, 0.29) is 0 Å². The number of hydrogen-bond donors (Lipinski definition) is 1. The Morgan fingerprint density at radius 3 is 2.89 bits per heavy atom. The molecule has 0 saturated carbocycles. The minimum Gasteiger partial charge on any atom is -0.384 e. The van der Waals surface area contributed by atoms with E-state index in [1.165, 1.54) is 30.4 Å². The number of fused-ring (bicyclic) bond motifs is 1. The van der Waals surface area contributed by atoms with Crippen molar-refractivity contribution in [2.24, 2.45) is 0 Å². The zero-order valence-corrected chi connectivity index (χ0v) is 11.7. The third kappa shape index (κ3) is 2.93. The molecule has 2 aromatic rings. The molecule has 0 amide bonds. The third-order valence-electron chi connectivity index (χ3n) is 3.87. The van der Waals surface area contributed by atoms with Crippen molar-refractivity contribution in [3.05, 3.63) is 64.7 Å². The molecule has 1 nitrogen and oxygen atoms in total. The molecule has 0 bridgehead atoms. The predicted octanol–water partition coefficient (Wildman–Crippen LogP) is 4.87. The van der Waals surface area contributed by atoms with Crippen LogP contribution in [0.4, 0.5) is 5.69 Å². The van der Waals surface area contributed by atoms with E-state index in [0.29, 0.717) is 5.92 Å². The summed E-state index contributed by atoms with van der Waals surface area (Å²) in [5.41, 5.74) is 4.14. The van der Waals surface area contributed by atoms with E-state index in [2.05, 4.69) is 35.6 Å². The summed E-state index contributed by atoms with van der Waals surface area (Å²) in [6.45, 7) is 0.983. The lowest BCUT2D eigenvalue weighted by molar-refractivity contribution is 0.572. The Morgan fingerprint density at radius 2 is 2.00 bits per heavy atom. The van der Waals surface area contributed by atoms with Gasteiger partial charge in [-0.3, -0.25) is 0 Å². The van der Waals surface area contributed by atoms with Crippen LogP contribution in [-0.4, -0.2) is 6.54 Å². The average Bonchev–Trinajstić information content (AvgIpc) is 2.45. The lowest BCUT2D eigenvalue weighted by Gasteiger charge is -2.26. The number of aryl methyl sites for hydroxylation is 1. The number of hydrogen-bond acceptors (Lipinski definition) is 1. The number of anilines is 1. The van der Waals surface area contributed by atoms with Gasteiger partial charge in [-0.15, -0.1) is 0 Å². The van der Waals surface area contributed by atoms with Gasteiger partial charge in [-0.1, -0.05) is 41.9 Å². The maximum absolute atomic E-state index is 6.01. The van der Waals surface area contributed by atoms with Crippen molar-refractivity contribution >= 4 is 17.3 Å². The van der Waals surface area contributed by atoms with Crippen LogP contribution in [0, 0.1) is 0 Å². The molecular formula is C17H18ClN. The topological polar surface area (TPSA) is 12.0 Å². The smallest absolute Gasteiger partial charge is 0.0426 e. The van der Waals surface area contributed by atoms with Crippen LogP contribution in [0.3, 0.4) is 0 Å². The first kappa shape index (κ1) is 12.6. The molecule has 1 aliphatic rings. The van der Waals surface area contributed by atoms with Crippen LogP contribution in [0.5, 0.6) is 0 Å². The molecule has 0 fully saturated rings. The van der Waals surface area contributed by atoms with Gasteiger partial charge in [0.15, 0.2) is 0 Å². The summed E-state index contributed by atoms with van der Waals surface area (Å²) in [6.07, 6.45) is 3.79. The average molecular weight is 272 g/mol. The van der Waals surface area contributed by atoms with E-state index in [1.54, 1.807) is 0 Å². The minimum absolute atomic E-state index is 0.615. The fourth-order valence-electron chi connectivity index (χ4n) is 2.91. The Labute approximate surface area is 119 Å². The van der Waals surface area contributed by atoms with E-state index < -0.39 is 0 Å². The molecule has 0 spiro atoms. The molecule has 19 heavy (non-hydrogen) atoms. The van der Waals surface area contributed by atoms with Crippen LogP contribution in [0.1, 0.15) is 29.9 Å². The van der Waals surface area contributed by atoms with Crippen LogP contribution < -0.4 is 5.32 Å². The van der Waals surface area contributed by atoms with Crippen LogP contribution in [-0.2, 0) is 6.42 Å². The summed E-state index contributed by atoms with van der Waals surface area (Å²) in [7, 11) is 0. The van der Waals surface area contributed by atoms with Gasteiger partial charge >= 0.3 is 0 Å². The first-order valence-electron chi connectivity index (χ1n) is 6.90. The zero-order valence-electron chi connectivity index (χ0n) is 10.9. The number of halogens is 1. The van der Waals surface area contributed by atoms with Gasteiger partial charge < -0.3 is 5.32 Å². The molecule has 0 aliphatic heterocycles. The Kier molecular flexibility index (Phi) is 3.74. The molecule has 1 aliphatic carbocycles. The van der Waals surface area contributed by atoms with Gasteiger partial charge in [0.2, 0.25) is 0 Å². The van der Waals surface area contributed by atoms with E-state index in [4.69, 9.17) is 11.6 Å². The molecule has 2 aromatic carbocycles. The van der Waals surface area contributed by atoms with Crippen molar-refractivity contribution in [1.29, 1.82) is 0 Å².